The molecular weight excluding hydrogens is 328 g/mol. The number of rotatable bonds is 8. The van der Waals surface area contributed by atoms with Gasteiger partial charge in [-0.3, -0.25) is 10.1 Å². The summed E-state index contributed by atoms with van der Waals surface area (Å²) < 4.78 is 10.7. The van der Waals surface area contributed by atoms with Gasteiger partial charge in [0, 0.05) is 25.2 Å². The third-order valence-electron chi connectivity index (χ3n) is 4.41. The molecule has 26 heavy (non-hydrogen) atoms. The van der Waals surface area contributed by atoms with Gasteiger partial charge in [0.15, 0.2) is 0 Å². The highest BCUT2D eigenvalue weighted by atomic mass is 16.5. The van der Waals surface area contributed by atoms with Crippen LogP contribution in [0.1, 0.15) is 31.0 Å². The van der Waals surface area contributed by atoms with Gasteiger partial charge < -0.3 is 14.4 Å². The van der Waals surface area contributed by atoms with Crippen molar-refractivity contribution in [2.45, 2.75) is 32.5 Å². The van der Waals surface area contributed by atoms with Crippen LogP contribution in [0.4, 0.5) is 0 Å². The van der Waals surface area contributed by atoms with Gasteiger partial charge in [0.1, 0.15) is 11.5 Å². The van der Waals surface area contributed by atoms with Crippen LogP contribution in [0.3, 0.4) is 0 Å². The average Bonchev–Trinajstić information content (AvgIpc) is 2.67. The molecule has 1 N–H and O–H groups in total. The normalized spacial score (nSPS) is 13.0. The molecule has 5 nitrogen and oxygen atoms in total. The SMILES string of the molecule is COc1ccc(OC)c(C(C)NC(C)C(=O)N(C)Cc2ccccc2)c1. The Kier molecular flexibility index (Phi) is 7.04. The van der Waals surface area contributed by atoms with E-state index in [1.807, 2.05) is 69.4 Å². The molecule has 0 heterocycles. The molecule has 0 aliphatic carbocycles. The number of methoxy groups -OCH3 is 2. The van der Waals surface area contributed by atoms with Crippen LogP contribution in [0.25, 0.3) is 0 Å². The molecule has 0 fully saturated rings. The third kappa shape index (κ3) is 4.99. The first-order valence-corrected chi connectivity index (χ1v) is 8.73. The highest BCUT2D eigenvalue weighted by Gasteiger charge is 2.21. The van der Waals surface area contributed by atoms with Gasteiger partial charge in [-0.15, -0.1) is 0 Å². The van der Waals surface area contributed by atoms with E-state index in [0.717, 1.165) is 22.6 Å². The van der Waals surface area contributed by atoms with Gasteiger partial charge in [0.25, 0.3) is 0 Å². The first-order valence-electron chi connectivity index (χ1n) is 8.73. The van der Waals surface area contributed by atoms with Gasteiger partial charge in [-0.05, 0) is 37.6 Å². The fourth-order valence-corrected chi connectivity index (χ4v) is 2.98. The zero-order valence-electron chi connectivity index (χ0n) is 16.2. The fourth-order valence-electron chi connectivity index (χ4n) is 2.98. The zero-order valence-corrected chi connectivity index (χ0v) is 16.2. The van der Waals surface area contributed by atoms with Crippen molar-refractivity contribution >= 4 is 5.91 Å². The van der Waals surface area contributed by atoms with Crippen LogP contribution in [0.5, 0.6) is 11.5 Å². The lowest BCUT2D eigenvalue weighted by molar-refractivity contribution is -0.132. The summed E-state index contributed by atoms with van der Waals surface area (Å²) in [5.74, 6) is 1.57. The average molecular weight is 356 g/mol. The van der Waals surface area contributed by atoms with E-state index in [0.29, 0.717) is 6.54 Å². The van der Waals surface area contributed by atoms with Crippen molar-refractivity contribution < 1.29 is 14.3 Å². The van der Waals surface area contributed by atoms with E-state index in [4.69, 9.17) is 9.47 Å². The van der Waals surface area contributed by atoms with Crippen molar-refractivity contribution in [2.75, 3.05) is 21.3 Å². The summed E-state index contributed by atoms with van der Waals surface area (Å²) >= 11 is 0. The summed E-state index contributed by atoms with van der Waals surface area (Å²) in [4.78, 5) is 14.4. The topological polar surface area (TPSA) is 50.8 Å². The third-order valence-corrected chi connectivity index (χ3v) is 4.41. The Morgan fingerprint density at radius 2 is 1.77 bits per heavy atom. The molecule has 5 heteroatoms. The second-order valence-electron chi connectivity index (χ2n) is 6.40. The van der Waals surface area contributed by atoms with E-state index in [2.05, 4.69) is 5.32 Å². The maximum Gasteiger partial charge on any atom is 0.239 e. The molecule has 0 aliphatic rings. The quantitative estimate of drug-likeness (QED) is 0.788. The maximum atomic E-state index is 12.7. The molecule has 0 saturated heterocycles. The molecule has 2 aromatic rings. The molecule has 0 aliphatic heterocycles. The predicted octanol–water partition coefficient (Wildman–Crippen LogP) is 3.40. The van der Waals surface area contributed by atoms with Crippen LogP contribution in [0.15, 0.2) is 48.5 Å². The lowest BCUT2D eigenvalue weighted by Gasteiger charge is -2.26. The number of nitrogens with one attached hydrogen (secondary N) is 1. The van der Waals surface area contributed by atoms with Crippen LogP contribution in [-0.4, -0.2) is 38.1 Å². The number of benzene rings is 2. The number of hydrogen-bond donors (Lipinski definition) is 1. The van der Waals surface area contributed by atoms with Gasteiger partial charge >= 0.3 is 0 Å². The standard InChI is InChI=1S/C21H28N2O3/c1-15(19-13-18(25-4)11-12-20(19)26-5)22-16(2)21(24)23(3)14-17-9-7-6-8-10-17/h6-13,15-16,22H,14H2,1-5H3. The van der Waals surface area contributed by atoms with E-state index in [-0.39, 0.29) is 18.0 Å². The molecule has 0 aromatic heterocycles. The summed E-state index contributed by atoms with van der Waals surface area (Å²) in [6.07, 6.45) is 0. The van der Waals surface area contributed by atoms with Crippen molar-refractivity contribution in [3.63, 3.8) is 0 Å². The lowest BCUT2D eigenvalue weighted by Crippen LogP contribution is -2.43. The summed E-state index contributed by atoms with van der Waals surface area (Å²) in [5, 5.41) is 3.36. The maximum absolute atomic E-state index is 12.7. The minimum Gasteiger partial charge on any atom is -0.497 e. The molecule has 0 spiro atoms. The minimum atomic E-state index is -0.324. The number of likely N-dealkylation sites (N-methyl/N-ethyl adjacent to an activating group) is 1. The van der Waals surface area contributed by atoms with E-state index in [1.165, 1.54) is 0 Å². The molecule has 0 saturated carbocycles. The van der Waals surface area contributed by atoms with Crippen molar-refractivity contribution in [3.8, 4) is 11.5 Å². The van der Waals surface area contributed by atoms with Crippen LogP contribution < -0.4 is 14.8 Å². The Morgan fingerprint density at radius 3 is 2.38 bits per heavy atom. The van der Waals surface area contributed by atoms with Crippen molar-refractivity contribution in [1.82, 2.24) is 10.2 Å². The molecule has 2 unspecified atom stereocenters. The van der Waals surface area contributed by atoms with E-state index >= 15 is 0 Å². The van der Waals surface area contributed by atoms with Crippen LogP contribution in [0.2, 0.25) is 0 Å². The summed E-state index contributed by atoms with van der Waals surface area (Å²) in [6.45, 7) is 4.48. The summed E-state index contributed by atoms with van der Waals surface area (Å²) in [7, 11) is 5.10. The predicted molar refractivity (Wildman–Crippen MR) is 103 cm³/mol. The highest BCUT2D eigenvalue weighted by molar-refractivity contribution is 5.81. The molecule has 2 atom stereocenters. The van der Waals surface area contributed by atoms with Crippen LogP contribution in [0, 0.1) is 0 Å². The number of ether oxygens (including phenoxy) is 2. The van der Waals surface area contributed by atoms with Gasteiger partial charge in [0.05, 0.1) is 20.3 Å². The summed E-state index contributed by atoms with van der Waals surface area (Å²) in [5.41, 5.74) is 2.07. The molecule has 0 radical (unpaired) electrons. The van der Waals surface area contributed by atoms with Crippen LogP contribution >= 0.6 is 0 Å². The van der Waals surface area contributed by atoms with Crippen molar-refractivity contribution in [3.05, 3.63) is 59.7 Å². The van der Waals surface area contributed by atoms with Gasteiger partial charge in [0.2, 0.25) is 5.91 Å². The first-order chi connectivity index (χ1) is 12.5. The van der Waals surface area contributed by atoms with Crippen LogP contribution in [-0.2, 0) is 11.3 Å². The molecule has 1 amide bonds. The molecule has 140 valence electrons. The second kappa shape index (κ2) is 9.25. The molecule has 2 aromatic carbocycles. The van der Waals surface area contributed by atoms with Gasteiger partial charge in [-0.1, -0.05) is 30.3 Å². The largest absolute Gasteiger partial charge is 0.497 e. The Hall–Kier alpha value is -2.53. The number of nitrogens with zero attached hydrogens (tertiary/aromatic N) is 1. The monoisotopic (exact) mass is 356 g/mol. The van der Waals surface area contributed by atoms with Gasteiger partial charge in [-0.25, -0.2) is 0 Å². The van der Waals surface area contributed by atoms with Gasteiger partial charge in [-0.2, -0.15) is 0 Å². The van der Waals surface area contributed by atoms with E-state index in [1.54, 1.807) is 19.1 Å². The second-order valence-corrected chi connectivity index (χ2v) is 6.40. The van der Waals surface area contributed by atoms with Crippen molar-refractivity contribution in [1.29, 1.82) is 0 Å². The highest BCUT2D eigenvalue weighted by Crippen LogP contribution is 2.29. The fraction of sp³-hybridized carbons (Fsp3) is 0.381. The number of amides is 1. The molecular formula is C21H28N2O3. The van der Waals surface area contributed by atoms with E-state index < -0.39 is 0 Å². The molecule has 2 rings (SSSR count). The van der Waals surface area contributed by atoms with Crippen molar-refractivity contribution in [2.24, 2.45) is 0 Å². The van der Waals surface area contributed by atoms with E-state index in [9.17, 15) is 4.79 Å². The lowest BCUT2D eigenvalue weighted by atomic mass is 10.1. The zero-order chi connectivity index (χ0) is 19.1. The Morgan fingerprint density at radius 1 is 1.08 bits per heavy atom. The summed E-state index contributed by atoms with van der Waals surface area (Å²) in [6, 6.07) is 15.2. The number of carbonyl (C=O) groups is 1. The number of hydrogen-bond acceptors (Lipinski definition) is 4. The smallest absolute Gasteiger partial charge is 0.239 e. The Balaban J connectivity index is 2.03. The molecule has 0 bridgehead atoms. The number of carbonyl (C=O) groups excluding carboxylic acids is 1. The minimum absolute atomic E-state index is 0.0440. The first kappa shape index (κ1) is 19.8. The Bertz CT molecular complexity index is 718. The Labute approximate surface area is 155 Å².